The van der Waals surface area contributed by atoms with E-state index in [1.54, 1.807) is 0 Å². The van der Waals surface area contributed by atoms with Crippen molar-refractivity contribution in [2.45, 2.75) is 32.6 Å². The molecule has 0 atom stereocenters. The van der Waals surface area contributed by atoms with Gasteiger partial charge in [0.25, 0.3) is 11.9 Å². The van der Waals surface area contributed by atoms with Gasteiger partial charge in [0, 0.05) is 6.54 Å². The predicted molar refractivity (Wildman–Crippen MR) is 56.7 cm³/mol. The Balaban J connectivity index is 2.64. The van der Waals surface area contributed by atoms with Crippen LogP contribution in [0.15, 0.2) is 0 Å². The van der Waals surface area contributed by atoms with Gasteiger partial charge >= 0.3 is 0 Å². The molecule has 0 amide bonds. The molecule has 0 aliphatic rings. The summed E-state index contributed by atoms with van der Waals surface area (Å²) in [6, 6.07) is 0. The molecule has 0 aliphatic heterocycles. The maximum Gasteiger partial charge on any atom is 0.253 e. The monoisotopic (exact) mass is 250 g/mol. The van der Waals surface area contributed by atoms with E-state index in [0.717, 1.165) is 19.3 Å². The van der Waals surface area contributed by atoms with Gasteiger partial charge in [0.05, 0.1) is 0 Å². The van der Waals surface area contributed by atoms with Crippen LogP contribution in [-0.4, -0.2) is 11.5 Å². The Morgan fingerprint density at radius 1 is 0.941 bits per heavy atom. The normalized spacial score (nSPS) is 10.6. The number of aromatic nitrogens is 1. The molecule has 0 aliphatic carbocycles. The maximum atomic E-state index is 13.1. The standard InChI is InChI=1S/C11H14F4N2/c1-2-3-4-5-6-16-9-7(12)10(14)17-11(15)8(9)13/h2-6H2,1H3,(H,16,17). The molecule has 6 heteroatoms. The zero-order valence-electron chi connectivity index (χ0n) is 9.49. The molecule has 0 unspecified atom stereocenters. The number of rotatable bonds is 6. The number of anilines is 1. The molecule has 0 aromatic carbocycles. The molecule has 1 N–H and O–H groups in total. The third kappa shape index (κ3) is 3.57. The second-order valence-electron chi connectivity index (χ2n) is 3.68. The lowest BCUT2D eigenvalue weighted by Crippen LogP contribution is -2.10. The van der Waals surface area contributed by atoms with Crippen LogP contribution in [0.25, 0.3) is 0 Å². The molecule has 0 bridgehead atoms. The van der Waals surface area contributed by atoms with E-state index >= 15 is 0 Å². The summed E-state index contributed by atoms with van der Waals surface area (Å²) in [6.07, 6.45) is 3.61. The number of unbranched alkanes of at least 4 members (excludes halogenated alkanes) is 3. The first-order chi connectivity index (χ1) is 8.07. The minimum atomic E-state index is -1.64. The average molecular weight is 250 g/mol. The first kappa shape index (κ1) is 13.7. The Morgan fingerprint density at radius 3 is 2.06 bits per heavy atom. The lowest BCUT2D eigenvalue weighted by Gasteiger charge is -2.08. The Labute approximate surface area is 97.1 Å². The smallest absolute Gasteiger partial charge is 0.253 e. The lowest BCUT2D eigenvalue weighted by atomic mass is 10.2. The first-order valence-electron chi connectivity index (χ1n) is 5.51. The molecule has 96 valence electrons. The fraction of sp³-hybridized carbons (Fsp3) is 0.545. The van der Waals surface area contributed by atoms with Crippen LogP contribution < -0.4 is 5.32 Å². The van der Waals surface area contributed by atoms with Crippen molar-refractivity contribution in [1.82, 2.24) is 4.98 Å². The second-order valence-corrected chi connectivity index (χ2v) is 3.68. The number of halogens is 4. The second kappa shape index (κ2) is 6.42. The molecule has 1 rings (SSSR count). The van der Waals surface area contributed by atoms with Crippen molar-refractivity contribution in [3.8, 4) is 0 Å². The summed E-state index contributed by atoms with van der Waals surface area (Å²) in [5, 5.41) is 2.35. The van der Waals surface area contributed by atoms with Gasteiger partial charge in [0.15, 0.2) is 0 Å². The van der Waals surface area contributed by atoms with Crippen LogP contribution in [0.4, 0.5) is 23.2 Å². The van der Waals surface area contributed by atoms with Crippen molar-refractivity contribution in [2.75, 3.05) is 11.9 Å². The largest absolute Gasteiger partial charge is 0.380 e. The first-order valence-corrected chi connectivity index (χ1v) is 5.51. The number of nitrogens with zero attached hydrogens (tertiary/aromatic N) is 1. The molecular weight excluding hydrogens is 236 g/mol. The fourth-order valence-corrected chi connectivity index (χ4v) is 1.41. The van der Waals surface area contributed by atoms with E-state index in [2.05, 4.69) is 10.3 Å². The minimum Gasteiger partial charge on any atom is -0.380 e. The van der Waals surface area contributed by atoms with Gasteiger partial charge in [0.1, 0.15) is 5.69 Å². The van der Waals surface area contributed by atoms with Crippen molar-refractivity contribution >= 4 is 5.69 Å². The van der Waals surface area contributed by atoms with E-state index in [0.29, 0.717) is 6.42 Å². The van der Waals surface area contributed by atoms with Gasteiger partial charge in [-0.1, -0.05) is 26.2 Å². The van der Waals surface area contributed by atoms with Crippen LogP contribution in [0.5, 0.6) is 0 Å². The van der Waals surface area contributed by atoms with Crippen LogP contribution in [0.2, 0.25) is 0 Å². The molecule has 2 nitrogen and oxygen atoms in total. The molecule has 17 heavy (non-hydrogen) atoms. The molecule has 1 aromatic heterocycles. The van der Waals surface area contributed by atoms with Crippen LogP contribution in [0.3, 0.4) is 0 Å². The van der Waals surface area contributed by atoms with Crippen LogP contribution in [-0.2, 0) is 0 Å². The number of hydrogen-bond donors (Lipinski definition) is 1. The molecule has 1 aromatic rings. The summed E-state index contributed by atoms with van der Waals surface area (Å²) in [7, 11) is 0. The van der Waals surface area contributed by atoms with Gasteiger partial charge in [0.2, 0.25) is 11.6 Å². The molecule has 0 spiro atoms. The summed E-state index contributed by atoms with van der Waals surface area (Å²) in [5.74, 6) is -6.25. The summed E-state index contributed by atoms with van der Waals surface area (Å²) >= 11 is 0. The topological polar surface area (TPSA) is 24.9 Å². The van der Waals surface area contributed by atoms with Crippen molar-refractivity contribution in [1.29, 1.82) is 0 Å². The summed E-state index contributed by atoms with van der Waals surface area (Å²) < 4.78 is 51.7. The van der Waals surface area contributed by atoms with Gasteiger partial charge in [-0.15, -0.1) is 0 Å². The quantitative estimate of drug-likeness (QED) is 0.473. The molecule has 1 heterocycles. The molecule has 0 saturated carbocycles. The van der Waals surface area contributed by atoms with E-state index in [4.69, 9.17) is 0 Å². The minimum absolute atomic E-state index is 0.261. The SMILES string of the molecule is CCCCCCNc1c(F)c(F)nc(F)c1F. The average Bonchev–Trinajstić information content (AvgIpc) is 2.30. The number of pyridine rings is 1. The molecule has 0 saturated heterocycles. The molecular formula is C11H14F4N2. The van der Waals surface area contributed by atoms with Crippen molar-refractivity contribution in [3.63, 3.8) is 0 Å². The third-order valence-electron chi connectivity index (χ3n) is 2.33. The Morgan fingerprint density at radius 2 is 1.53 bits per heavy atom. The molecule has 0 radical (unpaired) electrons. The van der Waals surface area contributed by atoms with Crippen molar-refractivity contribution < 1.29 is 17.6 Å². The number of hydrogen-bond acceptors (Lipinski definition) is 2. The van der Waals surface area contributed by atoms with Crippen LogP contribution in [0, 0.1) is 23.5 Å². The van der Waals surface area contributed by atoms with E-state index in [1.165, 1.54) is 0 Å². The van der Waals surface area contributed by atoms with Gasteiger partial charge in [-0.25, -0.2) is 0 Å². The van der Waals surface area contributed by atoms with Crippen molar-refractivity contribution in [2.24, 2.45) is 0 Å². The van der Waals surface area contributed by atoms with Crippen LogP contribution in [0.1, 0.15) is 32.6 Å². The molecule has 0 fully saturated rings. The van der Waals surface area contributed by atoms with Gasteiger partial charge < -0.3 is 5.32 Å². The lowest BCUT2D eigenvalue weighted by molar-refractivity contribution is 0.410. The summed E-state index contributed by atoms with van der Waals surface area (Å²) in [4.78, 5) is 2.47. The Hall–Kier alpha value is -1.33. The van der Waals surface area contributed by atoms with E-state index < -0.39 is 29.2 Å². The van der Waals surface area contributed by atoms with Gasteiger partial charge in [-0.3, -0.25) is 0 Å². The Kier molecular flexibility index (Phi) is 5.18. The highest BCUT2D eigenvalue weighted by Gasteiger charge is 2.19. The fourth-order valence-electron chi connectivity index (χ4n) is 1.41. The van der Waals surface area contributed by atoms with Gasteiger partial charge in [-0.05, 0) is 6.42 Å². The van der Waals surface area contributed by atoms with E-state index in [1.807, 2.05) is 6.92 Å². The summed E-state index contributed by atoms with van der Waals surface area (Å²) in [5.41, 5.74) is -0.786. The van der Waals surface area contributed by atoms with E-state index in [-0.39, 0.29) is 6.54 Å². The van der Waals surface area contributed by atoms with E-state index in [9.17, 15) is 17.6 Å². The maximum absolute atomic E-state index is 13.1. The Bertz CT molecular complexity index is 356. The highest BCUT2D eigenvalue weighted by molar-refractivity contribution is 5.45. The number of nitrogens with one attached hydrogen (secondary N) is 1. The highest BCUT2D eigenvalue weighted by Crippen LogP contribution is 2.21. The van der Waals surface area contributed by atoms with Crippen molar-refractivity contribution in [3.05, 3.63) is 23.5 Å². The third-order valence-corrected chi connectivity index (χ3v) is 2.33. The highest BCUT2D eigenvalue weighted by atomic mass is 19.2. The zero-order chi connectivity index (χ0) is 12.8. The zero-order valence-corrected chi connectivity index (χ0v) is 9.49. The van der Waals surface area contributed by atoms with Gasteiger partial charge in [-0.2, -0.15) is 22.5 Å². The predicted octanol–water partition coefficient (Wildman–Crippen LogP) is 3.63. The summed E-state index contributed by atoms with van der Waals surface area (Å²) in [6.45, 7) is 2.29. The van der Waals surface area contributed by atoms with Crippen LogP contribution >= 0.6 is 0 Å².